The van der Waals surface area contributed by atoms with Crippen molar-refractivity contribution in [3.05, 3.63) is 51.6 Å². The molecule has 12 nitrogen and oxygen atoms in total. The number of fused-ring (bicyclic) bond motifs is 1. The Hall–Kier alpha value is -2.37. The number of ether oxygens (including phenoxy) is 2. The monoisotopic (exact) mass is 618 g/mol. The second kappa shape index (κ2) is 14.0. The molecule has 0 aliphatic rings. The second-order valence-electron chi connectivity index (χ2n) is 8.23. The fraction of sp³-hybridized carbons (Fsp3) is 0.480. The molecule has 40 heavy (non-hydrogen) atoms. The van der Waals surface area contributed by atoms with Gasteiger partial charge in [0.15, 0.2) is 5.40 Å². The summed E-state index contributed by atoms with van der Waals surface area (Å²) in [5, 5.41) is 8.56. The van der Waals surface area contributed by atoms with Crippen molar-refractivity contribution in [2.24, 2.45) is 0 Å². The van der Waals surface area contributed by atoms with Crippen LogP contribution in [0.1, 0.15) is 39.3 Å². The molecular weight excluding hydrogens is 582 g/mol. The van der Waals surface area contributed by atoms with Gasteiger partial charge < -0.3 is 38.1 Å². The molecule has 0 aliphatic heterocycles. The minimum Gasteiger partial charge on any atom is -0.508 e. The van der Waals surface area contributed by atoms with Crippen molar-refractivity contribution in [1.82, 2.24) is 4.68 Å². The van der Waals surface area contributed by atoms with Gasteiger partial charge >= 0.3 is 20.1 Å². The molecule has 1 aromatic heterocycles. The molecule has 0 amide bonds. The van der Waals surface area contributed by atoms with Crippen LogP contribution in [0.3, 0.4) is 0 Å². The van der Waals surface area contributed by atoms with Crippen LogP contribution < -0.4 is 19.8 Å². The highest BCUT2D eigenvalue weighted by atomic mass is 32.1. The standard InChI is InChI=1S/C25H36N2O10P2S/c1-7-34-38(30,35-8-2)24(39(31,36-9-3)37-10-4)23(19-16-18(32-5)12-13-21(19)33-6)26-27-20-15-17(28)11-14-22(20)40-25(27)29/h11-16,23-24,26,28H,7-10H2,1-6H3. The number of methoxy groups -OCH3 is 2. The molecule has 3 aromatic rings. The molecule has 1 unspecified atom stereocenters. The maximum atomic E-state index is 14.6. The summed E-state index contributed by atoms with van der Waals surface area (Å²) >= 11 is 0.925. The van der Waals surface area contributed by atoms with Crippen molar-refractivity contribution in [3.63, 3.8) is 0 Å². The zero-order valence-corrected chi connectivity index (χ0v) is 25.9. The number of aromatic nitrogens is 1. The number of benzene rings is 2. The van der Waals surface area contributed by atoms with E-state index < -0.39 is 31.5 Å². The average Bonchev–Trinajstić information content (AvgIpc) is 3.22. The third-order valence-corrected chi connectivity index (χ3v) is 12.8. The summed E-state index contributed by atoms with van der Waals surface area (Å²) in [6.07, 6.45) is 0. The van der Waals surface area contributed by atoms with Crippen LogP contribution >= 0.6 is 26.5 Å². The van der Waals surface area contributed by atoms with Crippen LogP contribution in [0.5, 0.6) is 17.2 Å². The Kier molecular flexibility index (Phi) is 11.3. The van der Waals surface area contributed by atoms with E-state index in [4.69, 9.17) is 27.6 Å². The summed E-state index contributed by atoms with van der Waals surface area (Å²) in [5.74, 6) is 0.640. The Morgan fingerprint density at radius 2 is 1.45 bits per heavy atom. The van der Waals surface area contributed by atoms with E-state index in [1.165, 1.54) is 31.0 Å². The summed E-state index contributed by atoms with van der Waals surface area (Å²) in [7, 11) is -5.73. The van der Waals surface area contributed by atoms with E-state index in [0.717, 1.165) is 11.3 Å². The molecule has 2 N–H and O–H groups in total. The zero-order valence-electron chi connectivity index (χ0n) is 23.3. The van der Waals surface area contributed by atoms with Gasteiger partial charge in [-0.2, -0.15) is 0 Å². The molecule has 0 saturated carbocycles. The number of hydrogen-bond acceptors (Lipinski definition) is 12. The maximum Gasteiger partial charge on any atom is 0.348 e. The normalized spacial score (nSPS) is 13.1. The Bertz CT molecular complexity index is 1390. The predicted octanol–water partition coefficient (Wildman–Crippen LogP) is 5.93. The first-order chi connectivity index (χ1) is 19.1. The van der Waals surface area contributed by atoms with Crippen molar-refractivity contribution in [3.8, 4) is 17.2 Å². The quantitative estimate of drug-likeness (QED) is 0.184. The van der Waals surface area contributed by atoms with Crippen LogP contribution in [0, 0.1) is 0 Å². The largest absolute Gasteiger partial charge is 0.508 e. The SMILES string of the molecule is CCOP(=O)(OCC)C(C(Nn1c(=O)sc2ccc(O)cc21)c1cc(OC)ccc1OC)P(=O)(OCC)OCC. The number of nitrogens with zero attached hydrogens (tertiary/aromatic N) is 1. The molecule has 1 heterocycles. The summed E-state index contributed by atoms with van der Waals surface area (Å²) in [6, 6.07) is 8.08. The fourth-order valence-electron chi connectivity index (χ4n) is 4.28. The maximum absolute atomic E-state index is 14.6. The molecule has 222 valence electrons. The lowest BCUT2D eigenvalue weighted by atomic mass is 10.1. The molecule has 0 radical (unpaired) electrons. The smallest absolute Gasteiger partial charge is 0.348 e. The van der Waals surface area contributed by atoms with Crippen LogP contribution in [0.15, 0.2) is 41.2 Å². The first-order valence-electron chi connectivity index (χ1n) is 12.7. The van der Waals surface area contributed by atoms with Crippen molar-refractivity contribution >= 4 is 36.7 Å². The zero-order chi connectivity index (χ0) is 29.5. The van der Waals surface area contributed by atoms with Crippen molar-refractivity contribution in [2.75, 3.05) is 46.1 Å². The highest BCUT2D eigenvalue weighted by Gasteiger charge is 2.56. The lowest BCUT2D eigenvalue weighted by molar-refractivity contribution is 0.191. The number of phenols is 1. The van der Waals surface area contributed by atoms with Gasteiger partial charge in [0.05, 0.1) is 56.9 Å². The fourth-order valence-corrected chi connectivity index (χ4v) is 10.7. The van der Waals surface area contributed by atoms with Gasteiger partial charge in [0, 0.05) is 11.6 Å². The molecular formula is C25H36N2O10P2S. The number of phenolic OH excluding ortho intramolecular Hbond substituents is 1. The first-order valence-corrected chi connectivity index (χ1v) is 16.8. The molecule has 15 heteroatoms. The Morgan fingerprint density at radius 1 is 0.875 bits per heavy atom. The predicted molar refractivity (Wildman–Crippen MR) is 155 cm³/mol. The molecule has 0 aliphatic carbocycles. The lowest BCUT2D eigenvalue weighted by Crippen LogP contribution is -2.36. The summed E-state index contributed by atoms with van der Waals surface area (Å²) in [6.45, 7) is 6.36. The topological polar surface area (TPSA) is 144 Å². The molecule has 0 spiro atoms. The highest BCUT2D eigenvalue weighted by molar-refractivity contribution is 7.72. The van der Waals surface area contributed by atoms with Gasteiger partial charge in [0.2, 0.25) is 0 Å². The van der Waals surface area contributed by atoms with Gasteiger partial charge in [-0.3, -0.25) is 13.9 Å². The van der Waals surface area contributed by atoms with E-state index in [2.05, 4.69) is 5.43 Å². The molecule has 0 bridgehead atoms. The van der Waals surface area contributed by atoms with Crippen LogP contribution in [0.2, 0.25) is 0 Å². The van der Waals surface area contributed by atoms with Gasteiger partial charge in [-0.05, 0) is 58.0 Å². The third kappa shape index (κ3) is 6.74. The Labute approximate surface area is 237 Å². The molecule has 2 aromatic carbocycles. The van der Waals surface area contributed by atoms with Gasteiger partial charge in [0.25, 0.3) is 0 Å². The summed E-state index contributed by atoms with van der Waals surface area (Å²) in [4.78, 5) is 12.8. The van der Waals surface area contributed by atoms with Crippen LogP contribution in [0.25, 0.3) is 10.2 Å². The van der Waals surface area contributed by atoms with Crippen LogP contribution in [-0.4, -0.2) is 55.8 Å². The molecule has 0 fully saturated rings. The summed E-state index contributed by atoms with van der Waals surface area (Å²) < 4.78 is 64.9. The Morgan fingerprint density at radius 3 is 1.95 bits per heavy atom. The van der Waals surface area contributed by atoms with Gasteiger partial charge in [0.1, 0.15) is 17.2 Å². The molecule has 3 rings (SSSR count). The van der Waals surface area contributed by atoms with E-state index in [-0.39, 0.29) is 32.2 Å². The van der Waals surface area contributed by atoms with Crippen molar-refractivity contribution in [2.45, 2.75) is 39.1 Å². The van der Waals surface area contributed by atoms with E-state index in [9.17, 15) is 19.0 Å². The van der Waals surface area contributed by atoms with E-state index >= 15 is 0 Å². The minimum atomic E-state index is -4.32. The second-order valence-corrected chi connectivity index (χ2v) is 13.9. The summed E-state index contributed by atoms with van der Waals surface area (Å²) in [5.41, 5.74) is 3.74. The van der Waals surface area contributed by atoms with E-state index in [1.54, 1.807) is 52.0 Å². The number of thiazole rings is 1. The van der Waals surface area contributed by atoms with E-state index in [0.29, 0.717) is 27.3 Å². The number of nitrogens with one attached hydrogen (secondary N) is 1. The highest BCUT2D eigenvalue weighted by Crippen LogP contribution is 2.74. The van der Waals surface area contributed by atoms with Gasteiger partial charge in [-0.1, -0.05) is 11.3 Å². The van der Waals surface area contributed by atoms with Gasteiger partial charge in [-0.15, -0.1) is 0 Å². The van der Waals surface area contributed by atoms with E-state index in [1.807, 2.05) is 0 Å². The third-order valence-electron chi connectivity index (χ3n) is 5.79. The van der Waals surface area contributed by atoms with Gasteiger partial charge in [-0.25, -0.2) is 4.68 Å². The molecule has 0 saturated heterocycles. The van der Waals surface area contributed by atoms with Crippen molar-refractivity contribution < 1.29 is 41.8 Å². The number of aromatic hydroxyl groups is 1. The van der Waals surface area contributed by atoms with Crippen molar-refractivity contribution in [1.29, 1.82) is 0 Å². The van der Waals surface area contributed by atoms with Crippen LogP contribution in [0.4, 0.5) is 0 Å². The first kappa shape index (κ1) is 32.1. The Balaban J connectivity index is 2.44. The molecule has 1 atom stereocenters. The van der Waals surface area contributed by atoms with Crippen LogP contribution in [-0.2, 0) is 27.2 Å². The number of rotatable bonds is 16. The number of hydrogen-bond donors (Lipinski definition) is 2. The average molecular weight is 619 g/mol. The minimum absolute atomic E-state index is 0.0385. The lowest BCUT2D eigenvalue weighted by Gasteiger charge is -2.37.